The summed E-state index contributed by atoms with van der Waals surface area (Å²) in [4.78, 5) is 11.1. The van der Waals surface area contributed by atoms with Crippen molar-refractivity contribution >= 4 is 21.9 Å². The van der Waals surface area contributed by atoms with E-state index in [-0.39, 0.29) is 12.4 Å². The van der Waals surface area contributed by atoms with Gasteiger partial charge in [0.05, 0.1) is 19.8 Å². The molecule has 4 heteroatoms. The fourth-order valence-electron chi connectivity index (χ4n) is 1.10. The first-order chi connectivity index (χ1) is 7.17. The van der Waals surface area contributed by atoms with Crippen molar-refractivity contribution in [1.82, 2.24) is 0 Å². The molecule has 0 spiro atoms. The van der Waals surface area contributed by atoms with Gasteiger partial charge in [-0.05, 0) is 12.1 Å². The average molecular weight is 271 g/mol. The lowest BCUT2D eigenvalue weighted by atomic mass is 10.1. The topological polar surface area (TPSA) is 35.5 Å². The second-order valence-electron chi connectivity index (χ2n) is 2.79. The van der Waals surface area contributed by atoms with E-state index in [1.54, 1.807) is 12.1 Å². The smallest absolute Gasteiger partial charge is 0.310 e. The maximum Gasteiger partial charge on any atom is 0.310 e. The molecule has 80 valence electrons. The third-order valence-electron chi connectivity index (χ3n) is 1.80. The lowest BCUT2D eigenvalue weighted by molar-refractivity contribution is -0.139. The molecule has 0 N–H and O–H groups in total. The van der Waals surface area contributed by atoms with Crippen LogP contribution in [0.5, 0.6) is 5.75 Å². The maximum absolute atomic E-state index is 11.1. The van der Waals surface area contributed by atoms with E-state index in [0.717, 1.165) is 10.0 Å². The van der Waals surface area contributed by atoms with Crippen LogP contribution in [0.15, 0.2) is 35.5 Å². The highest BCUT2D eigenvalue weighted by atomic mass is 79.9. The number of hydrogen-bond donors (Lipinski definition) is 0. The number of carbonyl (C=O) groups excluding carboxylic acids is 1. The number of carbonyl (C=O) groups is 1. The second kappa shape index (κ2) is 5.56. The van der Waals surface area contributed by atoms with Gasteiger partial charge in [-0.25, -0.2) is 0 Å². The molecule has 0 fully saturated rings. The van der Waals surface area contributed by atoms with E-state index in [1.807, 2.05) is 6.07 Å². The first-order valence-electron chi connectivity index (χ1n) is 4.30. The average Bonchev–Trinajstić information content (AvgIpc) is 2.22. The highest BCUT2D eigenvalue weighted by Gasteiger charge is 2.09. The Bertz CT molecular complexity index is 374. The monoisotopic (exact) mass is 270 g/mol. The van der Waals surface area contributed by atoms with Gasteiger partial charge in [-0.1, -0.05) is 28.6 Å². The van der Waals surface area contributed by atoms with E-state index in [4.69, 9.17) is 4.74 Å². The third-order valence-corrected chi connectivity index (χ3v) is 2.30. The lowest BCUT2D eigenvalue weighted by Crippen LogP contribution is -2.05. The van der Waals surface area contributed by atoms with Gasteiger partial charge >= 0.3 is 5.97 Å². The summed E-state index contributed by atoms with van der Waals surface area (Å²) in [6.07, 6.45) is 1.51. The summed E-state index contributed by atoms with van der Waals surface area (Å²) in [5, 5.41) is 0. The van der Waals surface area contributed by atoms with Crippen molar-refractivity contribution in [2.75, 3.05) is 7.11 Å². The molecule has 15 heavy (non-hydrogen) atoms. The molecule has 1 rings (SSSR count). The molecule has 0 aliphatic heterocycles. The Balaban J connectivity index is 2.94. The summed E-state index contributed by atoms with van der Waals surface area (Å²) in [5.74, 6) is 0.302. The Hall–Kier alpha value is -1.29. The molecule has 0 saturated heterocycles. The molecule has 0 saturated carbocycles. The summed E-state index contributed by atoms with van der Waals surface area (Å²) < 4.78 is 10.7. The molecule has 3 nitrogen and oxygen atoms in total. The van der Waals surface area contributed by atoms with Gasteiger partial charge in [-0.2, -0.15) is 0 Å². The predicted molar refractivity (Wildman–Crippen MR) is 60.7 cm³/mol. The number of ether oxygens (including phenoxy) is 2. The van der Waals surface area contributed by atoms with Gasteiger partial charge in [0.25, 0.3) is 0 Å². The molecule has 0 radical (unpaired) electrons. The van der Waals surface area contributed by atoms with E-state index < -0.39 is 0 Å². The fourth-order valence-corrected chi connectivity index (χ4v) is 1.44. The Kier molecular flexibility index (Phi) is 4.37. The SMILES string of the molecule is C=COc1cc(Br)ccc1CC(=O)OC. The van der Waals surface area contributed by atoms with Crippen molar-refractivity contribution in [2.24, 2.45) is 0 Å². The van der Waals surface area contributed by atoms with E-state index in [9.17, 15) is 4.79 Å². The van der Waals surface area contributed by atoms with Crippen molar-refractivity contribution in [3.63, 3.8) is 0 Å². The Morgan fingerprint density at radius 2 is 2.33 bits per heavy atom. The summed E-state index contributed by atoms with van der Waals surface area (Å²) >= 11 is 3.32. The van der Waals surface area contributed by atoms with Gasteiger partial charge in [-0.15, -0.1) is 0 Å². The molecular weight excluding hydrogens is 260 g/mol. The molecule has 1 aromatic rings. The summed E-state index contributed by atoms with van der Waals surface area (Å²) in [7, 11) is 1.36. The van der Waals surface area contributed by atoms with Gasteiger partial charge < -0.3 is 9.47 Å². The molecule has 0 heterocycles. The summed E-state index contributed by atoms with van der Waals surface area (Å²) in [6, 6.07) is 5.42. The van der Waals surface area contributed by atoms with Crippen LogP contribution in [0.1, 0.15) is 5.56 Å². The van der Waals surface area contributed by atoms with E-state index in [0.29, 0.717) is 5.75 Å². The third kappa shape index (κ3) is 3.40. The number of methoxy groups -OCH3 is 1. The lowest BCUT2D eigenvalue weighted by Gasteiger charge is -2.07. The van der Waals surface area contributed by atoms with E-state index in [1.165, 1.54) is 13.4 Å². The number of hydrogen-bond acceptors (Lipinski definition) is 3. The molecule has 0 aliphatic carbocycles. The molecule has 0 aromatic heterocycles. The van der Waals surface area contributed by atoms with Gasteiger partial charge in [0.2, 0.25) is 0 Å². The van der Waals surface area contributed by atoms with Crippen molar-refractivity contribution in [1.29, 1.82) is 0 Å². The van der Waals surface area contributed by atoms with Crippen LogP contribution in [0.3, 0.4) is 0 Å². The minimum absolute atomic E-state index is 0.187. The molecule has 0 atom stereocenters. The molecule has 0 amide bonds. The molecule has 0 bridgehead atoms. The van der Waals surface area contributed by atoms with Gasteiger partial charge in [0.1, 0.15) is 5.75 Å². The highest BCUT2D eigenvalue weighted by molar-refractivity contribution is 9.10. The van der Waals surface area contributed by atoms with Gasteiger partial charge in [-0.3, -0.25) is 4.79 Å². The van der Waals surface area contributed by atoms with Crippen molar-refractivity contribution in [3.8, 4) is 5.75 Å². The zero-order valence-electron chi connectivity index (χ0n) is 8.33. The maximum atomic E-state index is 11.1. The Labute approximate surface area is 96.8 Å². The zero-order valence-corrected chi connectivity index (χ0v) is 9.91. The fraction of sp³-hybridized carbons (Fsp3) is 0.182. The van der Waals surface area contributed by atoms with Crippen LogP contribution >= 0.6 is 15.9 Å². The Morgan fingerprint density at radius 1 is 1.60 bits per heavy atom. The number of halogens is 1. The van der Waals surface area contributed by atoms with Crippen molar-refractivity contribution < 1.29 is 14.3 Å². The van der Waals surface area contributed by atoms with Gasteiger partial charge in [0, 0.05) is 10.0 Å². The summed E-state index contributed by atoms with van der Waals surface area (Å²) in [6.45, 7) is 3.47. The first-order valence-corrected chi connectivity index (χ1v) is 5.09. The zero-order chi connectivity index (χ0) is 11.3. The van der Waals surface area contributed by atoms with Crippen LogP contribution in [0.4, 0.5) is 0 Å². The largest absolute Gasteiger partial charge is 0.469 e. The molecule has 0 unspecified atom stereocenters. The molecular formula is C11H11BrO3. The van der Waals surface area contributed by atoms with Crippen LogP contribution in [0.2, 0.25) is 0 Å². The summed E-state index contributed by atoms with van der Waals surface area (Å²) in [5.41, 5.74) is 0.768. The first kappa shape index (κ1) is 11.8. The van der Waals surface area contributed by atoms with Crippen molar-refractivity contribution in [3.05, 3.63) is 41.1 Å². The van der Waals surface area contributed by atoms with Crippen LogP contribution in [0.25, 0.3) is 0 Å². The van der Waals surface area contributed by atoms with E-state index in [2.05, 4.69) is 27.2 Å². The highest BCUT2D eigenvalue weighted by Crippen LogP contribution is 2.24. The molecule has 0 aliphatic rings. The van der Waals surface area contributed by atoms with Gasteiger partial charge in [0.15, 0.2) is 0 Å². The number of esters is 1. The minimum atomic E-state index is -0.300. The van der Waals surface area contributed by atoms with Crippen LogP contribution in [0, 0.1) is 0 Å². The normalized spacial score (nSPS) is 9.47. The number of benzene rings is 1. The predicted octanol–water partition coefficient (Wildman–Crippen LogP) is 2.69. The van der Waals surface area contributed by atoms with Crippen LogP contribution in [-0.2, 0) is 16.0 Å². The second-order valence-corrected chi connectivity index (χ2v) is 3.71. The van der Waals surface area contributed by atoms with Crippen LogP contribution in [-0.4, -0.2) is 13.1 Å². The Morgan fingerprint density at radius 3 is 2.93 bits per heavy atom. The quantitative estimate of drug-likeness (QED) is 0.624. The van der Waals surface area contributed by atoms with E-state index >= 15 is 0 Å². The number of rotatable bonds is 4. The van der Waals surface area contributed by atoms with Crippen molar-refractivity contribution in [2.45, 2.75) is 6.42 Å². The molecule has 1 aromatic carbocycles. The van der Waals surface area contributed by atoms with Crippen LogP contribution < -0.4 is 4.74 Å². The minimum Gasteiger partial charge on any atom is -0.469 e. The standard InChI is InChI=1S/C11H11BrO3/c1-3-15-10-7-9(12)5-4-8(10)6-11(13)14-2/h3-5,7H,1,6H2,2H3.